The lowest BCUT2D eigenvalue weighted by Gasteiger charge is -2.35. The van der Waals surface area contributed by atoms with E-state index in [1.807, 2.05) is 84.9 Å². The van der Waals surface area contributed by atoms with Gasteiger partial charge in [-0.25, -0.2) is 0 Å². The van der Waals surface area contributed by atoms with Gasteiger partial charge in [0, 0.05) is 35.6 Å². The number of anilines is 2. The van der Waals surface area contributed by atoms with Crippen LogP contribution in [-0.2, 0) is 4.79 Å². The number of carbonyl (C=O) groups is 2. The second-order valence-electron chi connectivity index (χ2n) is 9.20. The Morgan fingerprint density at radius 2 is 1.50 bits per heavy atom. The molecule has 1 aliphatic carbocycles. The van der Waals surface area contributed by atoms with Crippen LogP contribution in [0.2, 0.25) is 0 Å². The molecular weight excluding hydrogens is 446 g/mol. The number of carbonyl (C=O) groups excluding carboxylic acids is 2. The van der Waals surface area contributed by atoms with E-state index in [-0.39, 0.29) is 17.6 Å². The minimum Gasteiger partial charge on any atom is -0.357 e. The number of nitrogens with zero attached hydrogens (tertiary/aromatic N) is 2. The van der Waals surface area contributed by atoms with Gasteiger partial charge in [-0.15, -0.1) is 0 Å². The first-order valence-electron chi connectivity index (χ1n) is 12.2. The largest absolute Gasteiger partial charge is 0.357 e. The zero-order valence-corrected chi connectivity index (χ0v) is 19.7. The standard InChI is InChI=1S/C31H25N3O2/c35-28-19-24(21-10-3-1-4-11-21)18-26-29(28)30(23-14-9-17-32-20-23)34(27-16-8-7-15-25(27)33-26)31(36)22-12-5-2-6-13-22/h1-17,20,24,30,33H,18-19H2. The Morgan fingerprint density at radius 1 is 0.806 bits per heavy atom. The summed E-state index contributed by atoms with van der Waals surface area (Å²) >= 11 is 0. The van der Waals surface area contributed by atoms with Crippen molar-refractivity contribution in [2.75, 3.05) is 10.2 Å². The van der Waals surface area contributed by atoms with Crippen LogP contribution < -0.4 is 10.2 Å². The van der Waals surface area contributed by atoms with E-state index in [4.69, 9.17) is 0 Å². The highest BCUT2D eigenvalue weighted by atomic mass is 16.2. The van der Waals surface area contributed by atoms with Gasteiger partial charge >= 0.3 is 0 Å². The van der Waals surface area contributed by atoms with E-state index < -0.39 is 6.04 Å². The molecule has 0 fully saturated rings. The first kappa shape index (κ1) is 22.0. The second kappa shape index (κ2) is 9.27. The predicted molar refractivity (Wildman–Crippen MR) is 141 cm³/mol. The predicted octanol–water partition coefficient (Wildman–Crippen LogP) is 6.30. The summed E-state index contributed by atoms with van der Waals surface area (Å²) in [5.41, 5.74) is 5.56. The molecule has 0 bridgehead atoms. The lowest BCUT2D eigenvalue weighted by atomic mass is 9.78. The SMILES string of the molecule is O=C1CC(c2ccccc2)CC2=C1C(c1cccnc1)N(C(=O)c1ccccc1)c1ccccc1N2. The number of ketones is 1. The highest BCUT2D eigenvalue weighted by Crippen LogP contribution is 2.47. The minimum absolute atomic E-state index is 0.0464. The molecule has 36 heavy (non-hydrogen) atoms. The molecule has 1 amide bonds. The van der Waals surface area contributed by atoms with Crippen molar-refractivity contribution in [1.29, 1.82) is 0 Å². The van der Waals surface area contributed by atoms with Crippen LogP contribution in [0.1, 0.15) is 46.3 Å². The number of allylic oxidation sites excluding steroid dienone is 1. The van der Waals surface area contributed by atoms with Crippen molar-refractivity contribution in [3.8, 4) is 0 Å². The lowest BCUT2D eigenvalue weighted by Crippen LogP contribution is -2.38. The second-order valence-corrected chi connectivity index (χ2v) is 9.20. The van der Waals surface area contributed by atoms with E-state index in [2.05, 4.69) is 22.4 Å². The third-order valence-electron chi connectivity index (χ3n) is 7.00. The van der Waals surface area contributed by atoms with Crippen LogP contribution in [0.25, 0.3) is 0 Å². The number of para-hydroxylation sites is 2. The highest BCUT2D eigenvalue weighted by Gasteiger charge is 2.41. The summed E-state index contributed by atoms with van der Waals surface area (Å²) in [5, 5.41) is 3.57. The smallest absolute Gasteiger partial charge is 0.259 e. The molecule has 2 heterocycles. The Balaban J connectivity index is 1.56. The first-order chi connectivity index (χ1) is 17.7. The minimum atomic E-state index is -0.596. The van der Waals surface area contributed by atoms with Crippen molar-refractivity contribution in [3.63, 3.8) is 0 Å². The highest BCUT2D eigenvalue weighted by molar-refractivity contribution is 6.12. The van der Waals surface area contributed by atoms with Crippen LogP contribution in [0.4, 0.5) is 11.4 Å². The molecule has 1 N–H and O–H groups in total. The quantitative estimate of drug-likeness (QED) is 0.381. The van der Waals surface area contributed by atoms with Gasteiger partial charge < -0.3 is 5.32 Å². The topological polar surface area (TPSA) is 62.3 Å². The van der Waals surface area contributed by atoms with E-state index in [0.717, 1.165) is 28.2 Å². The molecule has 4 aromatic rings. The summed E-state index contributed by atoms with van der Waals surface area (Å²) in [6, 6.07) is 30.4. The molecule has 5 heteroatoms. The molecule has 176 valence electrons. The summed E-state index contributed by atoms with van der Waals surface area (Å²) in [4.78, 5) is 34.2. The Labute approximate surface area is 210 Å². The summed E-state index contributed by atoms with van der Waals surface area (Å²) in [7, 11) is 0. The van der Waals surface area contributed by atoms with Crippen LogP contribution in [-0.4, -0.2) is 16.7 Å². The number of pyridine rings is 1. The third kappa shape index (κ3) is 3.89. The third-order valence-corrected chi connectivity index (χ3v) is 7.00. The summed E-state index contributed by atoms with van der Waals surface area (Å²) in [6.45, 7) is 0. The molecule has 5 nitrogen and oxygen atoms in total. The number of benzene rings is 3. The van der Waals surface area contributed by atoms with Gasteiger partial charge in [-0.1, -0.05) is 66.7 Å². The zero-order chi connectivity index (χ0) is 24.5. The fraction of sp³-hybridized carbons (Fsp3) is 0.129. The molecule has 0 saturated heterocycles. The van der Waals surface area contributed by atoms with Gasteiger partial charge in [0.1, 0.15) is 0 Å². The van der Waals surface area contributed by atoms with Gasteiger partial charge in [-0.2, -0.15) is 0 Å². The Bertz CT molecular complexity index is 1450. The summed E-state index contributed by atoms with van der Waals surface area (Å²) < 4.78 is 0. The van der Waals surface area contributed by atoms with Crippen LogP contribution in [0.3, 0.4) is 0 Å². The normalized spacial score (nSPS) is 19.1. The van der Waals surface area contributed by atoms with E-state index in [0.29, 0.717) is 24.0 Å². The Hall–Kier alpha value is -4.51. The van der Waals surface area contributed by atoms with E-state index >= 15 is 0 Å². The molecule has 0 radical (unpaired) electrons. The number of aromatic nitrogens is 1. The number of rotatable bonds is 3. The molecule has 1 aliphatic heterocycles. The van der Waals surface area contributed by atoms with Gasteiger partial charge in [0.25, 0.3) is 5.91 Å². The van der Waals surface area contributed by atoms with Crippen LogP contribution in [0, 0.1) is 0 Å². The maximum absolute atomic E-state index is 14.1. The van der Waals surface area contributed by atoms with Crippen molar-refractivity contribution in [2.45, 2.75) is 24.8 Å². The first-order valence-corrected chi connectivity index (χ1v) is 12.2. The van der Waals surface area contributed by atoms with E-state index in [1.54, 1.807) is 17.3 Å². The zero-order valence-electron chi connectivity index (χ0n) is 19.7. The van der Waals surface area contributed by atoms with Gasteiger partial charge in [0.05, 0.1) is 17.4 Å². The number of nitrogens with one attached hydrogen (secondary N) is 1. The number of hydrogen-bond donors (Lipinski definition) is 1. The maximum atomic E-state index is 14.1. The molecule has 2 aliphatic rings. The average Bonchev–Trinajstić information content (AvgIpc) is 3.09. The van der Waals surface area contributed by atoms with Crippen LogP contribution in [0.15, 0.2) is 121 Å². The van der Waals surface area contributed by atoms with E-state index in [1.165, 1.54) is 0 Å². The molecule has 0 spiro atoms. The van der Waals surface area contributed by atoms with Gasteiger partial charge in [-0.3, -0.25) is 19.5 Å². The number of hydrogen-bond acceptors (Lipinski definition) is 4. The number of Topliss-reactive ketones (excluding diaryl/α,β-unsaturated/α-hetero) is 1. The lowest BCUT2D eigenvalue weighted by molar-refractivity contribution is -0.116. The molecule has 3 aromatic carbocycles. The number of amides is 1. The Kier molecular flexibility index (Phi) is 5.66. The van der Waals surface area contributed by atoms with Crippen molar-refractivity contribution < 1.29 is 9.59 Å². The van der Waals surface area contributed by atoms with Gasteiger partial charge in [-0.05, 0) is 53.8 Å². The van der Waals surface area contributed by atoms with Crippen molar-refractivity contribution in [3.05, 3.63) is 137 Å². The molecule has 2 unspecified atom stereocenters. The van der Waals surface area contributed by atoms with Gasteiger partial charge in [0.2, 0.25) is 0 Å². The fourth-order valence-corrected chi connectivity index (χ4v) is 5.35. The summed E-state index contributed by atoms with van der Waals surface area (Å²) in [6.07, 6.45) is 4.54. The Morgan fingerprint density at radius 3 is 2.25 bits per heavy atom. The molecular formula is C31H25N3O2. The molecule has 1 aromatic heterocycles. The van der Waals surface area contributed by atoms with Crippen molar-refractivity contribution >= 4 is 23.1 Å². The van der Waals surface area contributed by atoms with Crippen LogP contribution >= 0.6 is 0 Å². The van der Waals surface area contributed by atoms with Gasteiger partial charge in [0.15, 0.2) is 5.78 Å². The summed E-state index contributed by atoms with van der Waals surface area (Å²) in [5.74, 6) is -0.0430. The monoisotopic (exact) mass is 471 g/mol. The molecule has 0 saturated carbocycles. The molecule has 6 rings (SSSR count). The van der Waals surface area contributed by atoms with Crippen LogP contribution in [0.5, 0.6) is 0 Å². The molecule has 2 atom stereocenters. The number of fused-ring (bicyclic) bond motifs is 1. The van der Waals surface area contributed by atoms with Crippen molar-refractivity contribution in [2.24, 2.45) is 0 Å². The van der Waals surface area contributed by atoms with Crippen molar-refractivity contribution in [1.82, 2.24) is 4.98 Å². The maximum Gasteiger partial charge on any atom is 0.259 e. The average molecular weight is 472 g/mol. The fourth-order valence-electron chi connectivity index (χ4n) is 5.35. The van der Waals surface area contributed by atoms with E-state index in [9.17, 15) is 9.59 Å².